The molecule has 1 aromatic carbocycles. The summed E-state index contributed by atoms with van der Waals surface area (Å²) in [4.78, 5) is 6.67. The van der Waals surface area contributed by atoms with E-state index in [1.165, 1.54) is 18.9 Å². The van der Waals surface area contributed by atoms with Gasteiger partial charge >= 0.3 is 6.61 Å². The normalized spacial score (nSPS) is 22.9. The van der Waals surface area contributed by atoms with Gasteiger partial charge in [0, 0.05) is 38.3 Å². The fourth-order valence-electron chi connectivity index (χ4n) is 3.48. The van der Waals surface area contributed by atoms with Crippen LogP contribution in [0.1, 0.15) is 18.4 Å². The van der Waals surface area contributed by atoms with Crippen LogP contribution < -0.4 is 15.4 Å². The summed E-state index contributed by atoms with van der Waals surface area (Å²) < 4.78 is 35.4. The van der Waals surface area contributed by atoms with Crippen LogP contribution in [0, 0.1) is 0 Å². The Morgan fingerprint density at radius 1 is 1.37 bits per heavy atom. The molecule has 0 spiro atoms. The van der Waals surface area contributed by atoms with Crippen LogP contribution in [0.15, 0.2) is 29.3 Å². The summed E-state index contributed by atoms with van der Waals surface area (Å²) in [7, 11) is 1.68. The largest absolute Gasteiger partial charge is 0.434 e. The number of nitrogens with one attached hydrogen (secondary N) is 2. The number of nitrogens with zero attached hydrogens (tertiary/aromatic N) is 2. The maximum Gasteiger partial charge on any atom is 0.387 e. The molecule has 2 aliphatic rings. The van der Waals surface area contributed by atoms with Crippen molar-refractivity contribution in [1.29, 1.82) is 0 Å². The van der Waals surface area contributed by atoms with E-state index in [2.05, 4.69) is 25.3 Å². The van der Waals surface area contributed by atoms with Gasteiger partial charge in [-0.25, -0.2) is 0 Å². The number of hydrogen-bond donors (Lipinski definition) is 2. The Labute approximate surface area is 175 Å². The molecule has 0 bridgehead atoms. The van der Waals surface area contributed by atoms with Gasteiger partial charge in [-0.2, -0.15) is 8.78 Å². The number of para-hydroxylation sites is 1. The molecule has 1 aromatic rings. The van der Waals surface area contributed by atoms with Gasteiger partial charge in [0.25, 0.3) is 0 Å². The molecule has 2 heterocycles. The lowest BCUT2D eigenvalue weighted by molar-refractivity contribution is -0.0504. The number of hydrogen-bond acceptors (Lipinski definition) is 4. The minimum atomic E-state index is -2.84. The van der Waals surface area contributed by atoms with Crippen LogP contribution in [0.3, 0.4) is 0 Å². The van der Waals surface area contributed by atoms with Gasteiger partial charge in [0.2, 0.25) is 0 Å². The first-order chi connectivity index (χ1) is 12.7. The van der Waals surface area contributed by atoms with Crippen molar-refractivity contribution in [2.45, 2.75) is 38.1 Å². The molecule has 0 radical (unpaired) electrons. The number of rotatable bonds is 6. The lowest BCUT2D eigenvalue weighted by Gasteiger charge is -2.35. The number of guanidine groups is 1. The van der Waals surface area contributed by atoms with Crippen molar-refractivity contribution in [3.63, 3.8) is 0 Å². The third-order valence-electron chi connectivity index (χ3n) is 4.82. The molecule has 0 amide bonds. The van der Waals surface area contributed by atoms with Gasteiger partial charge < -0.3 is 20.1 Å². The highest BCUT2D eigenvalue weighted by atomic mass is 127. The zero-order valence-corrected chi connectivity index (χ0v) is 17.7. The monoisotopic (exact) mass is 496 g/mol. The lowest BCUT2D eigenvalue weighted by atomic mass is 10.2. The highest BCUT2D eigenvalue weighted by molar-refractivity contribution is 14.0. The van der Waals surface area contributed by atoms with Crippen molar-refractivity contribution >= 4 is 29.9 Å². The third-order valence-corrected chi connectivity index (χ3v) is 4.82. The van der Waals surface area contributed by atoms with E-state index in [4.69, 9.17) is 4.74 Å². The topological polar surface area (TPSA) is 58.1 Å². The van der Waals surface area contributed by atoms with E-state index in [0.717, 1.165) is 19.7 Å². The number of ether oxygens (including phenoxy) is 2. The molecule has 2 atom stereocenters. The van der Waals surface area contributed by atoms with Crippen molar-refractivity contribution in [2.24, 2.45) is 4.99 Å². The zero-order chi connectivity index (χ0) is 18.4. The number of alkyl halides is 2. The highest BCUT2D eigenvalue weighted by Crippen LogP contribution is 2.22. The highest BCUT2D eigenvalue weighted by Gasteiger charge is 2.32. The first-order valence-corrected chi connectivity index (χ1v) is 8.98. The van der Waals surface area contributed by atoms with Crippen molar-refractivity contribution in [2.75, 3.05) is 33.3 Å². The predicted octanol–water partition coefficient (Wildman–Crippen LogP) is 2.43. The summed E-state index contributed by atoms with van der Waals surface area (Å²) in [5, 5.41) is 6.38. The average Bonchev–Trinajstić information content (AvgIpc) is 3.10. The van der Waals surface area contributed by atoms with Crippen molar-refractivity contribution < 1.29 is 18.3 Å². The summed E-state index contributed by atoms with van der Waals surface area (Å²) in [6, 6.07) is 7.31. The van der Waals surface area contributed by atoms with E-state index in [1.54, 1.807) is 25.2 Å². The fourth-order valence-corrected chi connectivity index (χ4v) is 3.48. The number of fused-ring (bicyclic) bond motifs is 1. The van der Waals surface area contributed by atoms with Crippen LogP contribution in [0.25, 0.3) is 0 Å². The Kier molecular flexibility index (Phi) is 8.97. The summed E-state index contributed by atoms with van der Waals surface area (Å²) in [5.41, 5.74) is 0.643. The number of morpholine rings is 1. The van der Waals surface area contributed by atoms with Gasteiger partial charge in [0.05, 0.1) is 12.7 Å². The van der Waals surface area contributed by atoms with Crippen LogP contribution >= 0.6 is 24.0 Å². The molecule has 2 unspecified atom stereocenters. The van der Waals surface area contributed by atoms with Gasteiger partial charge in [-0.1, -0.05) is 18.2 Å². The SMILES string of the molecule is CN=C(NCc1ccccc1OC(F)F)NCC1CN2CCCC2CO1.I. The quantitative estimate of drug-likeness (QED) is 0.360. The van der Waals surface area contributed by atoms with Gasteiger partial charge in [-0.3, -0.25) is 9.89 Å². The summed E-state index contributed by atoms with van der Waals surface area (Å²) in [5.74, 6) is 0.769. The molecule has 6 nitrogen and oxygen atoms in total. The standard InChI is InChI=1S/C18H26F2N4O2.HI/c1-21-18(22-9-13-5-2-3-7-16(13)26-17(19)20)23-10-15-11-24-8-4-6-14(24)12-25-15;/h2-3,5,7,14-15,17H,4,6,8-12H2,1H3,(H2,21,22,23);1H. The molecule has 0 saturated carbocycles. The summed E-state index contributed by atoms with van der Waals surface area (Å²) >= 11 is 0. The molecule has 152 valence electrons. The molecule has 2 N–H and O–H groups in total. The minimum Gasteiger partial charge on any atom is -0.434 e. The third kappa shape index (κ3) is 6.42. The second-order valence-electron chi connectivity index (χ2n) is 6.54. The number of aliphatic imine (C=N–C) groups is 1. The van der Waals surface area contributed by atoms with Crippen LogP contribution in [-0.4, -0.2) is 62.9 Å². The lowest BCUT2D eigenvalue weighted by Crippen LogP contribution is -2.51. The molecule has 2 aliphatic heterocycles. The Balaban J connectivity index is 0.00000261. The van der Waals surface area contributed by atoms with Crippen LogP contribution in [0.4, 0.5) is 8.78 Å². The van der Waals surface area contributed by atoms with Crippen molar-refractivity contribution in [3.05, 3.63) is 29.8 Å². The van der Waals surface area contributed by atoms with E-state index >= 15 is 0 Å². The first-order valence-electron chi connectivity index (χ1n) is 8.98. The van der Waals surface area contributed by atoms with E-state index in [1.807, 2.05) is 0 Å². The molecular formula is C18H27F2IN4O2. The smallest absolute Gasteiger partial charge is 0.387 e. The second kappa shape index (κ2) is 11.0. The predicted molar refractivity (Wildman–Crippen MR) is 111 cm³/mol. The van der Waals surface area contributed by atoms with Crippen LogP contribution in [-0.2, 0) is 11.3 Å². The van der Waals surface area contributed by atoms with Gasteiger partial charge in [-0.15, -0.1) is 24.0 Å². The molecule has 9 heteroatoms. The summed E-state index contributed by atoms with van der Waals surface area (Å²) in [6.45, 7) is 1.02. The Morgan fingerprint density at radius 2 is 2.19 bits per heavy atom. The van der Waals surface area contributed by atoms with Gasteiger partial charge in [-0.05, 0) is 25.5 Å². The molecule has 3 rings (SSSR count). The molecule has 2 fully saturated rings. The Hall–Kier alpha value is -1.20. The number of halogens is 3. The minimum absolute atomic E-state index is 0. The average molecular weight is 496 g/mol. The first kappa shape index (κ1) is 22.1. The molecule has 2 saturated heterocycles. The maximum atomic E-state index is 12.5. The van der Waals surface area contributed by atoms with Crippen molar-refractivity contribution in [3.8, 4) is 5.75 Å². The molecule has 0 aromatic heterocycles. The number of benzene rings is 1. The second-order valence-corrected chi connectivity index (χ2v) is 6.54. The van der Waals surface area contributed by atoms with Crippen molar-refractivity contribution in [1.82, 2.24) is 15.5 Å². The fraction of sp³-hybridized carbons (Fsp3) is 0.611. The van der Waals surface area contributed by atoms with Gasteiger partial charge in [0.1, 0.15) is 5.75 Å². The van der Waals surface area contributed by atoms with E-state index in [9.17, 15) is 8.78 Å². The Bertz CT molecular complexity index is 621. The maximum absolute atomic E-state index is 12.5. The summed E-state index contributed by atoms with van der Waals surface area (Å²) in [6.07, 6.45) is 2.60. The molecular weight excluding hydrogens is 469 g/mol. The van der Waals surface area contributed by atoms with Crippen LogP contribution in [0.2, 0.25) is 0 Å². The van der Waals surface area contributed by atoms with E-state index in [0.29, 0.717) is 30.7 Å². The zero-order valence-electron chi connectivity index (χ0n) is 15.4. The van der Waals surface area contributed by atoms with E-state index < -0.39 is 6.61 Å². The van der Waals surface area contributed by atoms with Gasteiger partial charge in [0.15, 0.2) is 5.96 Å². The van der Waals surface area contributed by atoms with Crippen LogP contribution in [0.5, 0.6) is 5.75 Å². The Morgan fingerprint density at radius 3 is 2.96 bits per heavy atom. The molecule has 0 aliphatic carbocycles. The molecule has 27 heavy (non-hydrogen) atoms. The van der Waals surface area contributed by atoms with E-state index in [-0.39, 0.29) is 35.8 Å².